The highest BCUT2D eigenvalue weighted by Crippen LogP contribution is 2.21. The first-order valence-electron chi connectivity index (χ1n) is 5.26. The summed E-state index contributed by atoms with van der Waals surface area (Å²) in [6.07, 6.45) is 1.14. The number of anilines is 1. The van der Waals surface area contributed by atoms with E-state index in [0.29, 0.717) is 11.9 Å². The molecule has 15 heavy (non-hydrogen) atoms. The first kappa shape index (κ1) is 11.6. The minimum absolute atomic E-state index is 0.441. The van der Waals surface area contributed by atoms with Gasteiger partial charge in [-0.25, -0.2) is 0 Å². The molecule has 1 aromatic carbocycles. The average Bonchev–Trinajstić information content (AvgIpc) is 2.28. The van der Waals surface area contributed by atoms with E-state index in [1.165, 1.54) is 5.56 Å². The van der Waals surface area contributed by atoms with Crippen molar-refractivity contribution < 1.29 is 0 Å². The second-order valence-electron chi connectivity index (χ2n) is 3.67. The summed E-state index contributed by atoms with van der Waals surface area (Å²) in [5, 5.41) is 3.04. The Morgan fingerprint density at radius 3 is 2.87 bits per heavy atom. The van der Waals surface area contributed by atoms with Crippen molar-refractivity contribution in [3.8, 4) is 0 Å². The van der Waals surface area contributed by atoms with Crippen LogP contribution < -0.4 is 11.1 Å². The number of guanidine groups is 1. The smallest absolute Gasteiger partial charge is 0.192 e. The van der Waals surface area contributed by atoms with Crippen LogP contribution in [0.2, 0.25) is 0 Å². The predicted octanol–water partition coefficient (Wildman–Crippen LogP) is 2.56. The summed E-state index contributed by atoms with van der Waals surface area (Å²) in [5.41, 5.74) is 7.92. The Morgan fingerprint density at radius 1 is 1.53 bits per heavy atom. The number of nitrogens with two attached hydrogens (primary N) is 1. The Hall–Kier alpha value is -1.51. The van der Waals surface area contributed by atoms with Crippen molar-refractivity contribution in [2.45, 2.75) is 26.2 Å². The van der Waals surface area contributed by atoms with E-state index in [2.05, 4.69) is 36.3 Å². The summed E-state index contributed by atoms with van der Waals surface area (Å²) in [6.45, 7) is 4.41. The number of rotatable bonds is 3. The van der Waals surface area contributed by atoms with Crippen LogP contribution in [0.15, 0.2) is 29.3 Å². The minimum Gasteiger partial charge on any atom is -0.370 e. The van der Waals surface area contributed by atoms with Gasteiger partial charge in [-0.15, -0.1) is 0 Å². The molecule has 0 saturated carbocycles. The Morgan fingerprint density at radius 2 is 2.27 bits per heavy atom. The standard InChI is InChI=1S/C12H19N3/c1-4-9(2)10-6-5-7-11(8-10)15-12(13)14-3/h5-9H,4H2,1-3H3,(H3,13,14,15). The van der Waals surface area contributed by atoms with Gasteiger partial charge in [-0.3, -0.25) is 4.99 Å². The van der Waals surface area contributed by atoms with Crippen molar-refractivity contribution in [2.24, 2.45) is 10.7 Å². The number of hydrogen-bond acceptors (Lipinski definition) is 1. The second kappa shape index (κ2) is 5.39. The van der Waals surface area contributed by atoms with Crippen molar-refractivity contribution in [1.82, 2.24) is 0 Å². The second-order valence-corrected chi connectivity index (χ2v) is 3.67. The molecule has 0 aliphatic rings. The Bertz CT molecular complexity index is 344. The largest absolute Gasteiger partial charge is 0.370 e. The van der Waals surface area contributed by atoms with Gasteiger partial charge < -0.3 is 11.1 Å². The van der Waals surface area contributed by atoms with Crippen molar-refractivity contribution >= 4 is 11.6 Å². The van der Waals surface area contributed by atoms with Crippen LogP contribution >= 0.6 is 0 Å². The molecule has 3 nitrogen and oxygen atoms in total. The van der Waals surface area contributed by atoms with Crippen LogP contribution in [0.5, 0.6) is 0 Å². The molecule has 0 heterocycles. The lowest BCUT2D eigenvalue weighted by molar-refractivity contribution is 0.734. The fourth-order valence-electron chi connectivity index (χ4n) is 1.36. The third-order valence-electron chi connectivity index (χ3n) is 2.58. The molecule has 0 spiro atoms. The molecule has 0 aliphatic carbocycles. The fourth-order valence-corrected chi connectivity index (χ4v) is 1.36. The Kier molecular flexibility index (Phi) is 4.16. The molecule has 0 fully saturated rings. The van der Waals surface area contributed by atoms with E-state index in [9.17, 15) is 0 Å². The van der Waals surface area contributed by atoms with Gasteiger partial charge >= 0.3 is 0 Å². The average molecular weight is 205 g/mol. The summed E-state index contributed by atoms with van der Waals surface area (Å²) in [6, 6.07) is 8.28. The Labute approximate surface area is 91.4 Å². The molecule has 1 rings (SSSR count). The van der Waals surface area contributed by atoms with Crippen molar-refractivity contribution in [2.75, 3.05) is 12.4 Å². The maximum atomic E-state index is 5.60. The van der Waals surface area contributed by atoms with Gasteiger partial charge in [-0.2, -0.15) is 0 Å². The Balaban J connectivity index is 2.83. The molecule has 0 saturated heterocycles. The molecule has 1 aromatic rings. The van der Waals surface area contributed by atoms with Crippen LogP contribution in [-0.2, 0) is 0 Å². The highest BCUT2D eigenvalue weighted by Gasteiger charge is 2.03. The van der Waals surface area contributed by atoms with E-state index in [1.807, 2.05) is 12.1 Å². The zero-order valence-corrected chi connectivity index (χ0v) is 9.62. The topological polar surface area (TPSA) is 50.4 Å². The van der Waals surface area contributed by atoms with Crippen LogP contribution in [0, 0.1) is 0 Å². The number of benzene rings is 1. The monoisotopic (exact) mass is 205 g/mol. The first-order chi connectivity index (χ1) is 7.17. The zero-order chi connectivity index (χ0) is 11.3. The molecule has 1 atom stereocenters. The van der Waals surface area contributed by atoms with Gasteiger partial charge in [-0.1, -0.05) is 26.0 Å². The third kappa shape index (κ3) is 3.27. The third-order valence-corrected chi connectivity index (χ3v) is 2.58. The highest BCUT2D eigenvalue weighted by atomic mass is 15.1. The molecule has 1 unspecified atom stereocenters. The predicted molar refractivity (Wildman–Crippen MR) is 66.3 cm³/mol. The van der Waals surface area contributed by atoms with Crippen LogP contribution in [0.25, 0.3) is 0 Å². The van der Waals surface area contributed by atoms with E-state index < -0.39 is 0 Å². The summed E-state index contributed by atoms with van der Waals surface area (Å²) >= 11 is 0. The molecule has 0 aromatic heterocycles. The molecule has 3 N–H and O–H groups in total. The first-order valence-corrected chi connectivity index (χ1v) is 5.26. The lowest BCUT2D eigenvalue weighted by Gasteiger charge is -2.11. The van der Waals surface area contributed by atoms with Gasteiger partial charge in [0.1, 0.15) is 0 Å². The molecule has 0 radical (unpaired) electrons. The molecule has 0 amide bonds. The molecular weight excluding hydrogens is 186 g/mol. The van der Waals surface area contributed by atoms with Gasteiger partial charge in [-0.05, 0) is 30.0 Å². The maximum absolute atomic E-state index is 5.60. The lowest BCUT2D eigenvalue weighted by atomic mass is 9.98. The summed E-state index contributed by atoms with van der Waals surface area (Å²) < 4.78 is 0. The minimum atomic E-state index is 0.441. The molecular formula is C12H19N3. The fraction of sp³-hybridized carbons (Fsp3) is 0.417. The van der Waals surface area contributed by atoms with Crippen LogP contribution in [-0.4, -0.2) is 13.0 Å². The highest BCUT2D eigenvalue weighted by molar-refractivity contribution is 5.92. The molecule has 3 heteroatoms. The number of aliphatic imine (C=N–C) groups is 1. The van der Waals surface area contributed by atoms with Crippen molar-refractivity contribution in [3.05, 3.63) is 29.8 Å². The maximum Gasteiger partial charge on any atom is 0.192 e. The molecule has 0 bridgehead atoms. The van der Waals surface area contributed by atoms with Crippen LogP contribution in [0.1, 0.15) is 31.7 Å². The van der Waals surface area contributed by atoms with Gasteiger partial charge in [0.15, 0.2) is 5.96 Å². The van der Waals surface area contributed by atoms with E-state index >= 15 is 0 Å². The zero-order valence-electron chi connectivity index (χ0n) is 9.62. The SMILES string of the molecule is CCC(C)c1cccc(NC(N)=NC)c1. The van der Waals surface area contributed by atoms with E-state index in [-0.39, 0.29) is 0 Å². The number of nitrogens with zero attached hydrogens (tertiary/aromatic N) is 1. The van der Waals surface area contributed by atoms with Crippen molar-refractivity contribution in [3.63, 3.8) is 0 Å². The number of nitrogens with one attached hydrogen (secondary N) is 1. The molecule has 82 valence electrons. The van der Waals surface area contributed by atoms with Crippen molar-refractivity contribution in [1.29, 1.82) is 0 Å². The van der Waals surface area contributed by atoms with E-state index in [4.69, 9.17) is 5.73 Å². The van der Waals surface area contributed by atoms with Gasteiger partial charge in [0.2, 0.25) is 0 Å². The number of hydrogen-bond donors (Lipinski definition) is 2. The normalized spacial score (nSPS) is 13.7. The quantitative estimate of drug-likeness (QED) is 0.588. The van der Waals surface area contributed by atoms with Gasteiger partial charge in [0.05, 0.1) is 0 Å². The van der Waals surface area contributed by atoms with Crippen LogP contribution in [0.3, 0.4) is 0 Å². The lowest BCUT2D eigenvalue weighted by Crippen LogP contribution is -2.22. The summed E-state index contributed by atoms with van der Waals surface area (Å²) in [5.74, 6) is 1.02. The van der Waals surface area contributed by atoms with E-state index in [1.54, 1.807) is 7.05 Å². The van der Waals surface area contributed by atoms with Gasteiger partial charge in [0.25, 0.3) is 0 Å². The summed E-state index contributed by atoms with van der Waals surface area (Å²) in [4.78, 5) is 3.86. The molecule has 0 aliphatic heterocycles. The summed E-state index contributed by atoms with van der Waals surface area (Å²) in [7, 11) is 1.67. The van der Waals surface area contributed by atoms with Crippen LogP contribution in [0.4, 0.5) is 5.69 Å². The van der Waals surface area contributed by atoms with E-state index in [0.717, 1.165) is 12.1 Å². The van der Waals surface area contributed by atoms with Gasteiger partial charge in [0, 0.05) is 12.7 Å².